The van der Waals surface area contributed by atoms with E-state index in [9.17, 15) is 15.3 Å². The Morgan fingerprint density at radius 2 is 1.52 bits per heavy atom. The number of nitrogens with zero attached hydrogens (tertiary/aromatic N) is 1. The summed E-state index contributed by atoms with van der Waals surface area (Å²) in [5.41, 5.74) is 1.96. The van der Waals surface area contributed by atoms with Crippen LogP contribution in [0.4, 0.5) is 0 Å². The molecule has 1 heterocycles. The van der Waals surface area contributed by atoms with E-state index in [2.05, 4.69) is 10.2 Å². The van der Waals surface area contributed by atoms with E-state index in [4.69, 9.17) is 11.6 Å². The lowest BCUT2D eigenvalue weighted by Crippen LogP contribution is -1.79. The molecule has 0 bridgehead atoms. The van der Waals surface area contributed by atoms with Crippen LogP contribution in [0, 0.1) is 0 Å². The largest absolute Gasteiger partial charge is 0.504 e. The highest BCUT2D eigenvalue weighted by atomic mass is 35.5. The fourth-order valence-corrected chi connectivity index (χ4v) is 2.15. The molecule has 2 aromatic carbocycles. The fraction of sp³-hybridized carbons (Fsp3) is 0. The van der Waals surface area contributed by atoms with E-state index in [1.807, 2.05) is 0 Å². The SMILES string of the molecule is Oc1ccc(-c2n[nH]c(-c3ccc(Cl)cc3)c2O)cc1O. The van der Waals surface area contributed by atoms with Crippen molar-refractivity contribution in [3.8, 4) is 39.8 Å². The molecule has 0 unspecified atom stereocenters. The number of rotatable bonds is 2. The number of benzene rings is 2. The van der Waals surface area contributed by atoms with Crippen LogP contribution in [-0.4, -0.2) is 25.5 Å². The first kappa shape index (κ1) is 13.3. The minimum Gasteiger partial charge on any atom is -0.504 e. The molecule has 0 saturated carbocycles. The summed E-state index contributed by atoms with van der Waals surface area (Å²) in [6, 6.07) is 11.2. The van der Waals surface area contributed by atoms with E-state index in [1.54, 1.807) is 30.3 Å². The van der Waals surface area contributed by atoms with Crippen molar-refractivity contribution in [2.24, 2.45) is 0 Å². The van der Waals surface area contributed by atoms with Gasteiger partial charge in [-0.05, 0) is 30.3 Å². The van der Waals surface area contributed by atoms with Crippen molar-refractivity contribution in [2.45, 2.75) is 0 Å². The summed E-state index contributed by atoms with van der Waals surface area (Å²) in [7, 11) is 0. The van der Waals surface area contributed by atoms with Crippen molar-refractivity contribution in [3.63, 3.8) is 0 Å². The van der Waals surface area contributed by atoms with Gasteiger partial charge < -0.3 is 15.3 Å². The van der Waals surface area contributed by atoms with Crippen LogP contribution in [0.25, 0.3) is 22.5 Å². The van der Waals surface area contributed by atoms with Crippen LogP contribution in [0.1, 0.15) is 0 Å². The number of hydrogen-bond acceptors (Lipinski definition) is 4. The average Bonchev–Trinajstić information content (AvgIpc) is 2.85. The molecule has 0 amide bonds. The van der Waals surface area contributed by atoms with Gasteiger partial charge in [0.2, 0.25) is 0 Å². The third-order valence-corrected chi connectivity index (χ3v) is 3.37. The topological polar surface area (TPSA) is 89.4 Å². The highest BCUT2D eigenvalue weighted by Crippen LogP contribution is 2.38. The lowest BCUT2D eigenvalue weighted by Gasteiger charge is -2.02. The summed E-state index contributed by atoms with van der Waals surface area (Å²) >= 11 is 5.83. The normalized spacial score (nSPS) is 10.7. The highest BCUT2D eigenvalue weighted by molar-refractivity contribution is 6.30. The molecule has 0 aliphatic heterocycles. The van der Waals surface area contributed by atoms with Crippen molar-refractivity contribution in [1.29, 1.82) is 0 Å². The Labute approximate surface area is 125 Å². The number of aromatic nitrogens is 2. The average molecular weight is 303 g/mol. The molecule has 3 rings (SSSR count). The van der Waals surface area contributed by atoms with Gasteiger partial charge >= 0.3 is 0 Å². The Morgan fingerprint density at radius 1 is 0.857 bits per heavy atom. The van der Waals surface area contributed by atoms with Crippen molar-refractivity contribution in [1.82, 2.24) is 10.2 Å². The van der Waals surface area contributed by atoms with Crippen molar-refractivity contribution >= 4 is 11.6 Å². The van der Waals surface area contributed by atoms with Gasteiger partial charge in [-0.25, -0.2) is 0 Å². The molecule has 4 N–H and O–H groups in total. The Bertz CT molecular complexity index is 797. The van der Waals surface area contributed by atoms with Crippen LogP contribution in [0.3, 0.4) is 0 Å². The van der Waals surface area contributed by atoms with E-state index in [1.165, 1.54) is 12.1 Å². The summed E-state index contributed by atoms with van der Waals surface area (Å²) < 4.78 is 0. The van der Waals surface area contributed by atoms with E-state index < -0.39 is 0 Å². The van der Waals surface area contributed by atoms with Gasteiger partial charge in [0, 0.05) is 16.1 Å². The number of aromatic hydroxyl groups is 3. The van der Waals surface area contributed by atoms with Gasteiger partial charge in [-0.3, -0.25) is 5.10 Å². The number of halogens is 1. The molecule has 6 heteroatoms. The minimum atomic E-state index is -0.275. The Kier molecular flexibility index (Phi) is 3.19. The molecule has 0 aliphatic carbocycles. The van der Waals surface area contributed by atoms with Gasteiger partial charge in [-0.2, -0.15) is 5.10 Å². The van der Waals surface area contributed by atoms with Gasteiger partial charge in [0.05, 0.1) is 0 Å². The predicted octanol–water partition coefficient (Wildman–Crippen LogP) is 3.51. The first-order valence-corrected chi connectivity index (χ1v) is 6.49. The second-order valence-corrected chi connectivity index (χ2v) is 4.94. The Morgan fingerprint density at radius 3 is 2.19 bits per heavy atom. The molecular weight excluding hydrogens is 292 g/mol. The zero-order valence-electron chi connectivity index (χ0n) is 10.7. The predicted molar refractivity (Wildman–Crippen MR) is 79.5 cm³/mol. The number of nitrogens with one attached hydrogen (secondary N) is 1. The molecule has 0 fully saturated rings. The van der Waals surface area contributed by atoms with E-state index in [0.29, 0.717) is 16.3 Å². The fourth-order valence-electron chi connectivity index (χ4n) is 2.03. The smallest absolute Gasteiger partial charge is 0.169 e. The summed E-state index contributed by atoms with van der Waals surface area (Å²) in [6.45, 7) is 0. The molecule has 0 radical (unpaired) electrons. The maximum Gasteiger partial charge on any atom is 0.169 e. The molecule has 5 nitrogen and oxygen atoms in total. The lowest BCUT2D eigenvalue weighted by molar-refractivity contribution is 0.404. The zero-order chi connectivity index (χ0) is 15.0. The third kappa shape index (κ3) is 2.39. The molecule has 0 aliphatic rings. The quantitative estimate of drug-likeness (QED) is 0.545. The monoisotopic (exact) mass is 302 g/mol. The number of aromatic amines is 1. The molecule has 1 aromatic heterocycles. The number of H-pyrrole nitrogens is 1. The van der Waals surface area contributed by atoms with Crippen molar-refractivity contribution in [3.05, 3.63) is 47.5 Å². The second-order valence-electron chi connectivity index (χ2n) is 4.51. The Hall–Kier alpha value is -2.66. The summed E-state index contributed by atoms with van der Waals surface area (Å²) in [5.74, 6) is -0.544. The maximum absolute atomic E-state index is 10.3. The molecule has 0 atom stereocenters. The van der Waals surface area contributed by atoms with E-state index in [0.717, 1.165) is 5.56 Å². The molecule has 106 valence electrons. The second kappa shape index (κ2) is 5.03. The molecule has 0 spiro atoms. The number of phenols is 2. The van der Waals surface area contributed by atoms with Crippen molar-refractivity contribution in [2.75, 3.05) is 0 Å². The lowest BCUT2D eigenvalue weighted by atomic mass is 10.1. The highest BCUT2D eigenvalue weighted by Gasteiger charge is 2.16. The van der Waals surface area contributed by atoms with Gasteiger partial charge in [0.25, 0.3) is 0 Å². The Balaban J connectivity index is 2.06. The van der Waals surface area contributed by atoms with Crippen LogP contribution in [-0.2, 0) is 0 Å². The van der Waals surface area contributed by atoms with Gasteiger partial charge in [0.15, 0.2) is 17.2 Å². The first-order valence-electron chi connectivity index (χ1n) is 6.12. The van der Waals surface area contributed by atoms with Crippen LogP contribution < -0.4 is 0 Å². The third-order valence-electron chi connectivity index (χ3n) is 3.12. The number of phenolic OH excluding ortho intramolecular Hbond substituents is 2. The number of hydrogen-bond donors (Lipinski definition) is 4. The molecular formula is C15H11ClN2O3. The zero-order valence-corrected chi connectivity index (χ0v) is 11.5. The summed E-state index contributed by atoms with van der Waals surface area (Å²) in [6.07, 6.45) is 0. The van der Waals surface area contributed by atoms with E-state index >= 15 is 0 Å². The van der Waals surface area contributed by atoms with Gasteiger partial charge in [-0.1, -0.05) is 23.7 Å². The van der Waals surface area contributed by atoms with Crippen LogP contribution in [0.15, 0.2) is 42.5 Å². The van der Waals surface area contributed by atoms with Gasteiger partial charge in [0.1, 0.15) is 11.4 Å². The van der Waals surface area contributed by atoms with Crippen LogP contribution >= 0.6 is 11.6 Å². The van der Waals surface area contributed by atoms with Crippen LogP contribution in [0.2, 0.25) is 5.02 Å². The van der Waals surface area contributed by atoms with E-state index in [-0.39, 0.29) is 22.9 Å². The van der Waals surface area contributed by atoms with Gasteiger partial charge in [-0.15, -0.1) is 0 Å². The maximum atomic E-state index is 10.3. The van der Waals surface area contributed by atoms with Crippen LogP contribution in [0.5, 0.6) is 17.2 Å². The summed E-state index contributed by atoms with van der Waals surface area (Å²) in [5, 5.41) is 36.5. The molecule has 0 saturated heterocycles. The molecule has 3 aromatic rings. The standard InChI is InChI=1S/C15H11ClN2O3/c16-10-4-1-8(2-5-10)13-15(21)14(18-17-13)9-3-6-11(19)12(20)7-9/h1-7,19-21H,(H,17,18). The van der Waals surface area contributed by atoms with Crippen molar-refractivity contribution < 1.29 is 15.3 Å². The first-order chi connectivity index (χ1) is 10.1. The molecule has 21 heavy (non-hydrogen) atoms. The minimum absolute atomic E-state index is 0.0394. The summed E-state index contributed by atoms with van der Waals surface area (Å²) in [4.78, 5) is 0.